The summed E-state index contributed by atoms with van der Waals surface area (Å²) in [5.74, 6) is 1.03. The number of benzene rings is 4. The van der Waals surface area contributed by atoms with Crippen molar-refractivity contribution < 1.29 is 19.0 Å². The first-order valence-corrected chi connectivity index (χ1v) is 15.1. The van der Waals surface area contributed by atoms with Gasteiger partial charge in [0.1, 0.15) is 41.8 Å². The van der Waals surface area contributed by atoms with E-state index in [1.165, 1.54) is 12.3 Å². The summed E-state index contributed by atoms with van der Waals surface area (Å²) >= 11 is 6.83. The van der Waals surface area contributed by atoms with Gasteiger partial charge in [0, 0.05) is 47.7 Å². The summed E-state index contributed by atoms with van der Waals surface area (Å²) in [6.45, 7) is 2.69. The summed E-state index contributed by atoms with van der Waals surface area (Å²) in [5.41, 5.74) is 6.62. The van der Waals surface area contributed by atoms with Crippen molar-refractivity contribution in [2.75, 3.05) is 0 Å². The van der Waals surface area contributed by atoms with Gasteiger partial charge < -0.3 is 19.9 Å². The average Bonchev–Trinajstić information content (AvgIpc) is 3.47. The predicted octanol–water partition coefficient (Wildman–Crippen LogP) is 8.61. The number of rotatable bonds is 10. The molecule has 2 N–H and O–H groups in total. The van der Waals surface area contributed by atoms with E-state index in [0.29, 0.717) is 34.2 Å². The number of fused-ring (bicyclic) bond motifs is 1. The van der Waals surface area contributed by atoms with Gasteiger partial charge in [-0.1, -0.05) is 60.1 Å². The smallest absolute Gasteiger partial charge is 0.142 e. The van der Waals surface area contributed by atoms with Crippen molar-refractivity contribution in [3.63, 3.8) is 0 Å². The van der Waals surface area contributed by atoms with Gasteiger partial charge in [-0.15, -0.1) is 0 Å². The first-order chi connectivity index (χ1) is 21.9. The maximum Gasteiger partial charge on any atom is 0.142 e. The van der Waals surface area contributed by atoms with E-state index in [1.54, 1.807) is 36.5 Å². The molecule has 5 aromatic rings. The van der Waals surface area contributed by atoms with E-state index in [4.69, 9.17) is 21.1 Å². The van der Waals surface area contributed by atoms with Crippen LogP contribution in [0, 0.1) is 17.1 Å². The topological polar surface area (TPSA) is 87.4 Å². The molecule has 0 radical (unpaired) electrons. The maximum absolute atomic E-state index is 14.7. The minimum absolute atomic E-state index is 0.0108. The van der Waals surface area contributed by atoms with E-state index in [-0.39, 0.29) is 30.3 Å². The zero-order valence-corrected chi connectivity index (χ0v) is 25.4. The number of phenolic OH excluding ortho intramolecular Hbond substituents is 1. The van der Waals surface area contributed by atoms with Crippen LogP contribution in [-0.2, 0) is 19.6 Å². The summed E-state index contributed by atoms with van der Waals surface area (Å²) in [7, 11) is 0. The first-order valence-electron chi connectivity index (χ1n) is 14.7. The molecule has 0 aliphatic heterocycles. The van der Waals surface area contributed by atoms with Crippen molar-refractivity contribution >= 4 is 11.6 Å². The summed E-state index contributed by atoms with van der Waals surface area (Å²) in [4.78, 5) is 4.14. The molecule has 0 unspecified atom stereocenters. The molecule has 8 heteroatoms. The second-order valence-corrected chi connectivity index (χ2v) is 11.5. The van der Waals surface area contributed by atoms with E-state index in [0.717, 1.165) is 46.2 Å². The fourth-order valence-corrected chi connectivity index (χ4v) is 5.93. The lowest BCUT2D eigenvalue weighted by Gasteiger charge is -2.21. The molecule has 0 fully saturated rings. The molecule has 45 heavy (non-hydrogen) atoms. The monoisotopic (exact) mass is 619 g/mol. The highest BCUT2D eigenvalue weighted by molar-refractivity contribution is 6.32. The Labute approximate surface area is 266 Å². The highest BCUT2D eigenvalue weighted by Gasteiger charge is 2.28. The van der Waals surface area contributed by atoms with E-state index in [2.05, 4.69) is 16.4 Å². The molecule has 0 bridgehead atoms. The SMILES string of the molecule is C[C@H](NCc1cc(Cl)c(O[C@H]2CCc3c(-c4ccccc4F)cccc32)cc1OCc1cncc(C#N)c1)c1ccc(O)cc1. The van der Waals surface area contributed by atoms with E-state index < -0.39 is 0 Å². The molecule has 1 aliphatic carbocycles. The second-order valence-electron chi connectivity index (χ2n) is 11.1. The summed E-state index contributed by atoms with van der Waals surface area (Å²) in [6.07, 6.45) is 4.40. The van der Waals surface area contributed by atoms with Crippen LogP contribution in [0.1, 0.15) is 58.9 Å². The summed E-state index contributed by atoms with van der Waals surface area (Å²) in [5, 5.41) is 22.9. The second kappa shape index (κ2) is 13.4. The lowest BCUT2D eigenvalue weighted by atomic mass is 9.96. The van der Waals surface area contributed by atoms with Crippen LogP contribution in [0.4, 0.5) is 4.39 Å². The third-order valence-electron chi connectivity index (χ3n) is 8.07. The van der Waals surface area contributed by atoms with Crippen molar-refractivity contribution in [1.29, 1.82) is 5.26 Å². The van der Waals surface area contributed by atoms with Crippen molar-refractivity contribution in [1.82, 2.24) is 10.3 Å². The number of aromatic hydroxyl groups is 1. The fraction of sp³-hybridized carbons (Fsp3) is 0.189. The van der Waals surface area contributed by atoms with E-state index >= 15 is 0 Å². The van der Waals surface area contributed by atoms with Gasteiger partial charge in [-0.05, 0) is 72.4 Å². The van der Waals surface area contributed by atoms with Crippen LogP contribution in [0.2, 0.25) is 5.02 Å². The number of hydrogen-bond acceptors (Lipinski definition) is 6. The van der Waals surface area contributed by atoms with Crippen molar-refractivity contribution in [2.45, 2.75) is 45.1 Å². The minimum atomic E-state index is -0.257. The number of nitrogens with one attached hydrogen (secondary N) is 1. The van der Waals surface area contributed by atoms with Crippen LogP contribution < -0.4 is 14.8 Å². The van der Waals surface area contributed by atoms with E-state index in [9.17, 15) is 14.8 Å². The summed E-state index contributed by atoms with van der Waals surface area (Å²) in [6, 6.07) is 27.3. The Morgan fingerprint density at radius 1 is 1.02 bits per heavy atom. The molecular formula is C37H31ClFN3O3. The number of phenols is 1. The molecule has 6 rings (SSSR count). The van der Waals surface area contributed by atoms with Crippen LogP contribution in [0.5, 0.6) is 17.2 Å². The third-order valence-corrected chi connectivity index (χ3v) is 8.37. The van der Waals surface area contributed by atoms with Crippen molar-refractivity contribution in [3.8, 4) is 34.4 Å². The standard InChI is InChI=1S/C37H31ClFN3O3/c1-23(26-9-11-28(43)12-10-26)42-21-27-16-33(38)37(17-36(27)44-22-25-15-24(18-40)19-41-20-25)45-35-14-13-30-29(6-4-7-32(30)35)31-5-2-3-8-34(31)39/h2-12,15-17,19-20,23,35,42-43H,13-14,21-22H2,1H3/t23-,35-/m0/s1. The van der Waals surface area contributed by atoms with Crippen LogP contribution in [0.3, 0.4) is 0 Å². The van der Waals surface area contributed by atoms with Crippen LogP contribution in [0.15, 0.2) is 97.3 Å². The Hall–Kier alpha value is -4.90. The number of pyridine rings is 1. The van der Waals surface area contributed by atoms with Gasteiger partial charge in [-0.2, -0.15) is 5.26 Å². The molecule has 0 spiro atoms. The van der Waals surface area contributed by atoms with Gasteiger partial charge in [0.2, 0.25) is 0 Å². The van der Waals surface area contributed by atoms with Crippen molar-refractivity contribution in [3.05, 3.63) is 142 Å². The van der Waals surface area contributed by atoms with Crippen LogP contribution in [-0.4, -0.2) is 10.1 Å². The van der Waals surface area contributed by atoms with Gasteiger partial charge in [0.05, 0.1) is 10.6 Å². The first kappa shape index (κ1) is 30.1. The Morgan fingerprint density at radius 2 is 1.82 bits per heavy atom. The Balaban J connectivity index is 1.27. The Bertz CT molecular complexity index is 1870. The largest absolute Gasteiger partial charge is 0.508 e. The molecule has 1 aromatic heterocycles. The molecule has 1 heterocycles. The Morgan fingerprint density at radius 3 is 2.62 bits per heavy atom. The molecule has 0 saturated heterocycles. The fourth-order valence-electron chi connectivity index (χ4n) is 5.70. The van der Waals surface area contributed by atoms with Gasteiger partial charge in [-0.25, -0.2) is 4.39 Å². The highest BCUT2D eigenvalue weighted by Crippen LogP contribution is 2.43. The number of hydrogen-bond donors (Lipinski definition) is 2. The minimum Gasteiger partial charge on any atom is -0.508 e. The number of halogens is 2. The quantitative estimate of drug-likeness (QED) is 0.163. The zero-order chi connectivity index (χ0) is 31.3. The number of ether oxygens (including phenoxy) is 2. The van der Waals surface area contributed by atoms with Crippen LogP contribution >= 0.6 is 11.6 Å². The average molecular weight is 620 g/mol. The number of nitrogens with zero attached hydrogens (tertiary/aromatic N) is 2. The number of nitriles is 1. The maximum atomic E-state index is 14.7. The van der Waals surface area contributed by atoms with Gasteiger partial charge in [-0.3, -0.25) is 4.98 Å². The molecule has 4 aromatic carbocycles. The predicted molar refractivity (Wildman–Crippen MR) is 172 cm³/mol. The Kier molecular flexibility index (Phi) is 8.97. The molecule has 2 atom stereocenters. The molecular weight excluding hydrogens is 589 g/mol. The van der Waals surface area contributed by atoms with E-state index in [1.807, 2.05) is 55.5 Å². The van der Waals surface area contributed by atoms with Gasteiger partial charge in [0.15, 0.2) is 0 Å². The lowest BCUT2D eigenvalue weighted by Crippen LogP contribution is -2.18. The molecule has 0 amide bonds. The van der Waals surface area contributed by atoms with Crippen molar-refractivity contribution in [2.24, 2.45) is 0 Å². The molecule has 1 aliphatic rings. The molecule has 6 nitrogen and oxygen atoms in total. The summed E-state index contributed by atoms with van der Waals surface area (Å²) < 4.78 is 27.5. The third kappa shape index (κ3) is 6.78. The normalized spacial score (nSPS) is 14.4. The molecule has 0 saturated carbocycles. The molecule has 226 valence electrons. The van der Waals surface area contributed by atoms with Gasteiger partial charge in [0.25, 0.3) is 0 Å². The zero-order valence-electron chi connectivity index (χ0n) is 24.6. The lowest BCUT2D eigenvalue weighted by molar-refractivity contribution is 0.206. The van der Waals surface area contributed by atoms with Crippen LogP contribution in [0.25, 0.3) is 11.1 Å². The number of aromatic nitrogens is 1. The highest BCUT2D eigenvalue weighted by atomic mass is 35.5. The van der Waals surface area contributed by atoms with Gasteiger partial charge >= 0.3 is 0 Å².